The molecule has 0 radical (unpaired) electrons. The van der Waals surface area contributed by atoms with E-state index in [1.165, 1.54) is 5.56 Å². The molecule has 4 rings (SSSR count). The molecule has 0 bridgehead atoms. The summed E-state index contributed by atoms with van der Waals surface area (Å²) in [5, 5.41) is 0. The molecular formula is C21H19N3O2. The smallest absolute Gasteiger partial charge is 0.161 e. The molecule has 4 aromatic rings. The molecule has 5 heteroatoms. The van der Waals surface area contributed by atoms with Gasteiger partial charge >= 0.3 is 0 Å². The molecule has 0 fully saturated rings. The Bertz CT molecular complexity index is 1090. The summed E-state index contributed by atoms with van der Waals surface area (Å²) in [6, 6.07) is 17.8. The Morgan fingerprint density at radius 3 is 2.42 bits per heavy atom. The maximum atomic E-state index is 5.39. The van der Waals surface area contributed by atoms with Crippen molar-refractivity contribution in [3.63, 3.8) is 0 Å². The molecule has 0 saturated carbocycles. The summed E-state index contributed by atoms with van der Waals surface area (Å²) in [4.78, 5) is 12.8. The summed E-state index contributed by atoms with van der Waals surface area (Å²) in [7, 11) is 3.25. The summed E-state index contributed by atoms with van der Waals surface area (Å²) in [6.07, 6.45) is 0. The molecule has 1 N–H and O–H groups in total. The van der Waals surface area contributed by atoms with Crippen molar-refractivity contribution in [3.8, 4) is 34.3 Å². The predicted octanol–water partition coefficient (Wildman–Crippen LogP) is 4.62. The van der Waals surface area contributed by atoms with Gasteiger partial charge in [-0.15, -0.1) is 0 Å². The van der Waals surface area contributed by atoms with Gasteiger partial charge in [0.25, 0.3) is 0 Å². The topological polar surface area (TPSA) is 60.0 Å². The number of nitrogens with one attached hydrogen (secondary N) is 1. The average Bonchev–Trinajstić information content (AvgIpc) is 3.10. The first-order chi connectivity index (χ1) is 12.7. The number of rotatable bonds is 4. The number of benzene rings is 2. The number of hydrogen-bond acceptors (Lipinski definition) is 4. The van der Waals surface area contributed by atoms with Crippen LogP contribution in [0, 0.1) is 6.92 Å². The highest BCUT2D eigenvalue weighted by atomic mass is 16.5. The second-order valence-electron chi connectivity index (χ2n) is 6.08. The third-order valence-corrected chi connectivity index (χ3v) is 4.31. The predicted molar refractivity (Wildman–Crippen MR) is 103 cm³/mol. The molecule has 130 valence electrons. The summed E-state index contributed by atoms with van der Waals surface area (Å²) in [5.74, 6) is 2.13. The summed E-state index contributed by atoms with van der Waals surface area (Å²) in [5.41, 5.74) is 5.74. The molecule has 0 atom stereocenters. The van der Waals surface area contributed by atoms with Gasteiger partial charge in [0.2, 0.25) is 0 Å². The molecule has 0 aliphatic carbocycles. The van der Waals surface area contributed by atoms with Gasteiger partial charge in [0.1, 0.15) is 5.69 Å². The van der Waals surface area contributed by atoms with Crippen LogP contribution >= 0.6 is 0 Å². The number of methoxy groups -OCH3 is 2. The normalized spacial score (nSPS) is 10.9. The van der Waals surface area contributed by atoms with Gasteiger partial charge in [0.05, 0.1) is 30.9 Å². The van der Waals surface area contributed by atoms with Crippen molar-refractivity contribution in [2.75, 3.05) is 14.2 Å². The van der Waals surface area contributed by atoms with Gasteiger partial charge in [-0.3, -0.25) is 0 Å². The first-order valence-corrected chi connectivity index (χ1v) is 8.34. The Hall–Kier alpha value is -3.34. The number of H-pyrrole nitrogens is 1. The highest BCUT2D eigenvalue weighted by Gasteiger charge is 2.10. The number of aromatic nitrogens is 3. The van der Waals surface area contributed by atoms with E-state index in [0.717, 1.165) is 33.8 Å². The summed E-state index contributed by atoms with van der Waals surface area (Å²) in [6.45, 7) is 2.07. The molecule has 2 aromatic carbocycles. The van der Waals surface area contributed by atoms with Gasteiger partial charge < -0.3 is 14.5 Å². The minimum atomic E-state index is 0.677. The van der Waals surface area contributed by atoms with E-state index in [1.807, 2.05) is 42.5 Å². The molecule has 0 amide bonds. The van der Waals surface area contributed by atoms with Crippen molar-refractivity contribution in [3.05, 3.63) is 60.2 Å². The van der Waals surface area contributed by atoms with Crippen molar-refractivity contribution in [2.45, 2.75) is 6.92 Å². The van der Waals surface area contributed by atoms with E-state index >= 15 is 0 Å². The Balaban J connectivity index is 1.76. The standard InChI is InChI=1S/C21H19N3O2/c1-13-7-9-16-18(11-13)24-21(23-16)17-6-4-5-15(22-17)14-8-10-19(25-2)20(12-14)26-3/h4-12H,1-3H3,(H,23,24). The lowest BCUT2D eigenvalue weighted by Crippen LogP contribution is -1.93. The quantitative estimate of drug-likeness (QED) is 0.586. The van der Waals surface area contributed by atoms with Gasteiger partial charge in [-0.05, 0) is 55.0 Å². The number of ether oxygens (including phenoxy) is 2. The van der Waals surface area contributed by atoms with Gasteiger partial charge in [-0.1, -0.05) is 12.1 Å². The zero-order valence-electron chi connectivity index (χ0n) is 14.9. The average molecular weight is 345 g/mol. The molecule has 0 unspecified atom stereocenters. The Labute approximate surface area is 151 Å². The van der Waals surface area contributed by atoms with Crippen molar-refractivity contribution in [2.24, 2.45) is 0 Å². The number of imidazole rings is 1. The number of aromatic amines is 1. The van der Waals surface area contributed by atoms with Gasteiger partial charge in [-0.2, -0.15) is 0 Å². The SMILES string of the molecule is COc1ccc(-c2cccc(-c3nc4ccc(C)cc4[nH]3)n2)cc1OC. The minimum absolute atomic E-state index is 0.677. The van der Waals surface area contributed by atoms with Crippen LogP contribution in [0.3, 0.4) is 0 Å². The van der Waals surface area contributed by atoms with Crippen LogP contribution in [0.5, 0.6) is 11.5 Å². The maximum absolute atomic E-state index is 5.39. The fraction of sp³-hybridized carbons (Fsp3) is 0.143. The largest absolute Gasteiger partial charge is 0.493 e. The van der Waals surface area contributed by atoms with Crippen LogP contribution in [-0.4, -0.2) is 29.2 Å². The van der Waals surface area contributed by atoms with E-state index in [2.05, 4.69) is 29.0 Å². The Kier molecular flexibility index (Phi) is 4.05. The zero-order valence-corrected chi connectivity index (χ0v) is 14.9. The van der Waals surface area contributed by atoms with Crippen molar-refractivity contribution >= 4 is 11.0 Å². The minimum Gasteiger partial charge on any atom is -0.493 e. The van der Waals surface area contributed by atoms with Crippen LogP contribution < -0.4 is 9.47 Å². The van der Waals surface area contributed by atoms with Crippen LogP contribution in [0.4, 0.5) is 0 Å². The van der Waals surface area contributed by atoms with E-state index in [1.54, 1.807) is 14.2 Å². The van der Waals surface area contributed by atoms with Crippen molar-refractivity contribution in [1.29, 1.82) is 0 Å². The molecule has 2 aromatic heterocycles. The molecule has 0 aliphatic rings. The van der Waals surface area contributed by atoms with Gasteiger partial charge in [0.15, 0.2) is 17.3 Å². The molecule has 2 heterocycles. The highest BCUT2D eigenvalue weighted by Crippen LogP contribution is 2.32. The number of pyridine rings is 1. The zero-order chi connectivity index (χ0) is 18.1. The molecule has 0 spiro atoms. The second kappa shape index (κ2) is 6.52. The van der Waals surface area contributed by atoms with Crippen LogP contribution in [-0.2, 0) is 0 Å². The first-order valence-electron chi connectivity index (χ1n) is 8.34. The second-order valence-corrected chi connectivity index (χ2v) is 6.08. The van der Waals surface area contributed by atoms with E-state index in [0.29, 0.717) is 11.5 Å². The maximum Gasteiger partial charge on any atom is 0.161 e. The molecule has 26 heavy (non-hydrogen) atoms. The third kappa shape index (κ3) is 2.88. The third-order valence-electron chi connectivity index (χ3n) is 4.31. The van der Waals surface area contributed by atoms with Crippen molar-refractivity contribution < 1.29 is 9.47 Å². The molecule has 5 nitrogen and oxygen atoms in total. The van der Waals surface area contributed by atoms with Crippen molar-refractivity contribution in [1.82, 2.24) is 15.0 Å². The van der Waals surface area contributed by atoms with Crippen LogP contribution in [0.2, 0.25) is 0 Å². The highest BCUT2D eigenvalue weighted by molar-refractivity contribution is 5.79. The lowest BCUT2D eigenvalue weighted by molar-refractivity contribution is 0.355. The van der Waals surface area contributed by atoms with Crippen LogP contribution in [0.1, 0.15) is 5.56 Å². The monoisotopic (exact) mass is 345 g/mol. The Morgan fingerprint density at radius 2 is 1.62 bits per heavy atom. The van der Waals surface area contributed by atoms with E-state index in [9.17, 15) is 0 Å². The summed E-state index contributed by atoms with van der Waals surface area (Å²) >= 11 is 0. The number of nitrogens with zero attached hydrogens (tertiary/aromatic N) is 2. The van der Waals surface area contributed by atoms with E-state index in [4.69, 9.17) is 14.5 Å². The Morgan fingerprint density at radius 1 is 0.808 bits per heavy atom. The number of aryl methyl sites for hydroxylation is 1. The summed E-state index contributed by atoms with van der Waals surface area (Å²) < 4.78 is 10.7. The molecular weight excluding hydrogens is 326 g/mol. The number of hydrogen-bond donors (Lipinski definition) is 1. The van der Waals surface area contributed by atoms with Crippen LogP contribution in [0.25, 0.3) is 33.8 Å². The van der Waals surface area contributed by atoms with Gasteiger partial charge in [0, 0.05) is 5.56 Å². The first kappa shape index (κ1) is 16.1. The molecule has 0 aliphatic heterocycles. The fourth-order valence-electron chi connectivity index (χ4n) is 2.97. The van der Waals surface area contributed by atoms with E-state index < -0.39 is 0 Å². The lowest BCUT2D eigenvalue weighted by atomic mass is 10.1. The van der Waals surface area contributed by atoms with E-state index in [-0.39, 0.29) is 0 Å². The van der Waals surface area contributed by atoms with Crippen LogP contribution in [0.15, 0.2) is 54.6 Å². The fourth-order valence-corrected chi connectivity index (χ4v) is 2.97. The molecule has 0 saturated heterocycles. The van der Waals surface area contributed by atoms with Gasteiger partial charge in [-0.25, -0.2) is 9.97 Å². The lowest BCUT2D eigenvalue weighted by Gasteiger charge is -2.09. The number of fused-ring (bicyclic) bond motifs is 1.